The summed E-state index contributed by atoms with van der Waals surface area (Å²) in [5, 5.41) is 12.5. The maximum absolute atomic E-state index is 13.2. The molecule has 192 valence electrons. The highest BCUT2D eigenvalue weighted by Crippen LogP contribution is 2.26. The first kappa shape index (κ1) is 24.9. The number of hydrogen-bond donors (Lipinski definition) is 1. The molecule has 1 aromatic heterocycles. The van der Waals surface area contributed by atoms with Crippen LogP contribution in [0.1, 0.15) is 50.5 Å². The fourth-order valence-electron chi connectivity index (χ4n) is 5.60. The smallest absolute Gasteiger partial charge is 0.243 e. The molecule has 4 heterocycles. The van der Waals surface area contributed by atoms with Gasteiger partial charge in [0.2, 0.25) is 16.0 Å². The summed E-state index contributed by atoms with van der Waals surface area (Å²) >= 11 is 0. The number of hydrogen-bond acceptors (Lipinski definition) is 8. The molecule has 2 atom stereocenters. The van der Waals surface area contributed by atoms with Crippen molar-refractivity contribution in [3.63, 3.8) is 0 Å². The molecule has 0 saturated carbocycles. The average Bonchev–Trinajstić information content (AvgIpc) is 3.20. The van der Waals surface area contributed by atoms with E-state index in [1.807, 2.05) is 18.3 Å². The lowest BCUT2D eigenvalue weighted by Gasteiger charge is -2.37. The van der Waals surface area contributed by atoms with E-state index in [0.29, 0.717) is 24.6 Å². The highest BCUT2D eigenvalue weighted by molar-refractivity contribution is 7.89. The first-order valence-corrected chi connectivity index (χ1v) is 14.6. The van der Waals surface area contributed by atoms with Crippen molar-refractivity contribution >= 4 is 21.8 Å². The van der Waals surface area contributed by atoms with E-state index >= 15 is 0 Å². The summed E-state index contributed by atoms with van der Waals surface area (Å²) < 4.78 is 28.1. The second-order valence-electron chi connectivity index (χ2n) is 10.1. The third-order valence-electron chi connectivity index (χ3n) is 7.62. The Morgan fingerprint density at radius 2 is 1.69 bits per heavy atom. The van der Waals surface area contributed by atoms with Crippen molar-refractivity contribution in [3.05, 3.63) is 42.1 Å². The lowest BCUT2D eigenvalue weighted by atomic mass is 10.1. The number of piperidine rings is 1. The van der Waals surface area contributed by atoms with Crippen molar-refractivity contribution < 1.29 is 8.42 Å². The number of likely N-dealkylation sites (tertiary alicyclic amines) is 1. The molecule has 9 nitrogen and oxygen atoms in total. The van der Waals surface area contributed by atoms with Crippen LogP contribution in [0.2, 0.25) is 0 Å². The van der Waals surface area contributed by atoms with Crippen molar-refractivity contribution in [1.29, 1.82) is 5.26 Å². The number of nitriles is 1. The Morgan fingerprint density at radius 3 is 2.44 bits per heavy atom. The molecule has 5 rings (SSSR count). The zero-order chi connectivity index (χ0) is 25.0. The Bertz CT molecular complexity index is 1170. The molecule has 3 aliphatic rings. The van der Waals surface area contributed by atoms with E-state index in [9.17, 15) is 8.42 Å². The van der Waals surface area contributed by atoms with Crippen molar-refractivity contribution in [3.8, 4) is 6.07 Å². The second-order valence-corrected chi connectivity index (χ2v) is 12.0. The largest absolute Gasteiger partial charge is 0.356 e. The first-order valence-electron chi connectivity index (χ1n) is 13.1. The number of rotatable bonds is 6. The molecule has 2 aromatic rings. The van der Waals surface area contributed by atoms with Gasteiger partial charge in [-0.15, -0.1) is 0 Å². The van der Waals surface area contributed by atoms with Crippen LogP contribution in [0.25, 0.3) is 0 Å². The molecule has 0 radical (unpaired) electrons. The van der Waals surface area contributed by atoms with E-state index < -0.39 is 10.0 Å². The molecule has 2 unspecified atom stereocenters. The predicted octanol–water partition coefficient (Wildman–Crippen LogP) is 3.07. The van der Waals surface area contributed by atoms with E-state index in [0.717, 1.165) is 51.3 Å². The monoisotopic (exact) mass is 509 g/mol. The third kappa shape index (κ3) is 5.64. The summed E-state index contributed by atoms with van der Waals surface area (Å²) in [4.78, 5) is 14.3. The number of nitrogens with zero attached hydrogens (tertiary/aromatic N) is 6. The average molecular weight is 510 g/mol. The van der Waals surface area contributed by atoms with E-state index in [2.05, 4.69) is 20.1 Å². The number of benzene rings is 1. The summed E-state index contributed by atoms with van der Waals surface area (Å²) in [6.45, 7) is 4.92. The zero-order valence-electron chi connectivity index (χ0n) is 20.7. The highest BCUT2D eigenvalue weighted by atomic mass is 32.2. The summed E-state index contributed by atoms with van der Waals surface area (Å²) in [5.74, 6) is 1.68. The number of anilines is 2. The molecule has 0 aliphatic carbocycles. The van der Waals surface area contributed by atoms with Gasteiger partial charge < -0.3 is 10.2 Å². The summed E-state index contributed by atoms with van der Waals surface area (Å²) in [5.41, 5.74) is 0.460. The Labute approximate surface area is 214 Å². The number of sulfonamides is 1. The van der Waals surface area contributed by atoms with Crippen LogP contribution in [0, 0.1) is 11.3 Å². The molecule has 3 fully saturated rings. The van der Waals surface area contributed by atoms with Crippen molar-refractivity contribution in [2.75, 3.05) is 49.5 Å². The van der Waals surface area contributed by atoms with Crippen molar-refractivity contribution in [1.82, 2.24) is 19.2 Å². The fourth-order valence-corrected chi connectivity index (χ4v) is 7.12. The van der Waals surface area contributed by atoms with Crippen LogP contribution in [0.5, 0.6) is 0 Å². The standard InChI is InChI=1S/C26H35N7O2S/c27-18-21-7-9-24(10-8-21)36(34,35)33-16-5-6-23(20-33)32-17-12-22(19-32)29-26-28-13-11-25(30-26)31-14-3-1-2-4-15-31/h7-11,13,22-23H,1-6,12,14-17,19-20H2,(H,28,29,30). The first-order chi connectivity index (χ1) is 17.5. The van der Waals surface area contributed by atoms with Gasteiger partial charge in [0.15, 0.2) is 0 Å². The SMILES string of the molecule is N#Cc1ccc(S(=O)(=O)N2CCCC(N3CCC(Nc4nccc(N5CCCCCC5)n4)C3)C2)cc1. The Hall–Kier alpha value is -2.74. The normalized spacial score (nSPS) is 24.2. The Balaban J connectivity index is 1.19. The molecule has 0 bridgehead atoms. The fraction of sp³-hybridized carbons (Fsp3) is 0.577. The molecular weight excluding hydrogens is 474 g/mol. The van der Waals surface area contributed by atoms with Crippen LogP contribution in [0.3, 0.4) is 0 Å². The van der Waals surface area contributed by atoms with Gasteiger partial charge in [-0.1, -0.05) is 12.8 Å². The van der Waals surface area contributed by atoms with Crippen LogP contribution in [-0.2, 0) is 10.0 Å². The van der Waals surface area contributed by atoms with Gasteiger partial charge in [0, 0.05) is 57.5 Å². The molecular formula is C26H35N7O2S. The van der Waals surface area contributed by atoms with Gasteiger partial charge in [0.25, 0.3) is 0 Å². The minimum Gasteiger partial charge on any atom is -0.356 e. The van der Waals surface area contributed by atoms with Gasteiger partial charge in [0.1, 0.15) is 5.82 Å². The van der Waals surface area contributed by atoms with Crippen LogP contribution in [0.15, 0.2) is 41.4 Å². The van der Waals surface area contributed by atoms with Gasteiger partial charge >= 0.3 is 0 Å². The van der Waals surface area contributed by atoms with Gasteiger partial charge in [-0.3, -0.25) is 4.90 Å². The number of nitrogens with one attached hydrogen (secondary N) is 1. The van der Waals surface area contributed by atoms with Crippen molar-refractivity contribution in [2.24, 2.45) is 0 Å². The molecule has 1 aromatic carbocycles. The van der Waals surface area contributed by atoms with E-state index in [1.54, 1.807) is 16.4 Å². The Morgan fingerprint density at radius 1 is 0.917 bits per heavy atom. The molecule has 0 spiro atoms. The minimum absolute atomic E-state index is 0.197. The molecule has 10 heteroatoms. The number of aromatic nitrogens is 2. The minimum atomic E-state index is -3.57. The van der Waals surface area contributed by atoms with Crippen LogP contribution < -0.4 is 10.2 Å². The van der Waals surface area contributed by atoms with Gasteiger partial charge in [-0.2, -0.15) is 14.6 Å². The van der Waals surface area contributed by atoms with Crippen LogP contribution >= 0.6 is 0 Å². The summed E-state index contributed by atoms with van der Waals surface area (Å²) in [6, 6.07) is 10.7. The summed E-state index contributed by atoms with van der Waals surface area (Å²) in [6.07, 6.45) is 9.66. The van der Waals surface area contributed by atoms with Crippen molar-refractivity contribution in [2.45, 2.75) is 61.9 Å². The zero-order valence-corrected chi connectivity index (χ0v) is 21.5. The maximum Gasteiger partial charge on any atom is 0.243 e. The van der Waals surface area contributed by atoms with Crippen LogP contribution in [0.4, 0.5) is 11.8 Å². The summed E-state index contributed by atoms with van der Waals surface area (Å²) in [7, 11) is -3.57. The van der Waals surface area contributed by atoms with E-state index in [4.69, 9.17) is 10.2 Å². The van der Waals surface area contributed by atoms with Gasteiger partial charge in [-0.25, -0.2) is 13.4 Å². The topological polar surface area (TPSA) is 105 Å². The van der Waals surface area contributed by atoms with Gasteiger partial charge in [-0.05, 0) is 62.4 Å². The predicted molar refractivity (Wildman–Crippen MR) is 139 cm³/mol. The van der Waals surface area contributed by atoms with Gasteiger partial charge in [0.05, 0.1) is 16.5 Å². The van der Waals surface area contributed by atoms with Crippen LogP contribution in [-0.4, -0.2) is 78.9 Å². The van der Waals surface area contributed by atoms with E-state index in [1.165, 1.54) is 37.8 Å². The molecule has 3 aliphatic heterocycles. The highest BCUT2D eigenvalue weighted by Gasteiger charge is 2.35. The van der Waals surface area contributed by atoms with E-state index in [-0.39, 0.29) is 17.0 Å². The second kappa shape index (κ2) is 11.1. The third-order valence-corrected chi connectivity index (χ3v) is 9.50. The Kier molecular flexibility index (Phi) is 7.70. The molecule has 36 heavy (non-hydrogen) atoms. The quantitative estimate of drug-likeness (QED) is 0.633. The molecule has 3 saturated heterocycles. The lowest BCUT2D eigenvalue weighted by Crippen LogP contribution is -2.49. The maximum atomic E-state index is 13.2. The molecule has 0 amide bonds. The lowest BCUT2D eigenvalue weighted by molar-refractivity contribution is 0.161. The molecule has 1 N–H and O–H groups in total.